The van der Waals surface area contributed by atoms with E-state index in [1.807, 2.05) is 0 Å². The number of hydrogen-bond donors (Lipinski definition) is 1. The third kappa shape index (κ3) is 2.68. The first-order chi connectivity index (χ1) is 13.3. The number of nitrogens with one attached hydrogen (secondary N) is 1. The number of nitrogens with zero attached hydrogens (tertiary/aromatic N) is 2. The molecule has 5 heterocycles. The Morgan fingerprint density at radius 1 is 0.926 bits per heavy atom. The lowest BCUT2D eigenvalue weighted by Crippen LogP contribution is -2.56. The molecule has 5 aliphatic heterocycles. The predicted octanol–water partition coefficient (Wildman–Crippen LogP) is 2.84. The number of ether oxygens (including phenoxy) is 2. The molecule has 0 spiro atoms. The van der Waals surface area contributed by atoms with Crippen molar-refractivity contribution in [3.8, 4) is 11.5 Å². The van der Waals surface area contributed by atoms with Gasteiger partial charge in [0.1, 0.15) is 6.61 Å². The second kappa shape index (κ2) is 6.14. The van der Waals surface area contributed by atoms with Crippen molar-refractivity contribution in [3.05, 3.63) is 53.1 Å². The van der Waals surface area contributed by atoms with Crippen LogP contribution >= 0.6 is 0 Å². The summed E-state index contributed by atoms with van der Waals surface area (Å²) in [5.74, 6) is 1.75. The first-order valence-corrected chi connectivity index (χ1v) is 10.1. The first kappa shape index (κ1) is 15.8. The van der Waals surface area contributed by atoms with Crippen LogP contribution in [0.25, 0.3) is 0 Å². The Bertz CT molecular complexity index is 876. The average Bonchev–Trinajstić information content (AvgIpc) is 3.21. The van der Waals surface area contributed by atoms with E-state index in [0.717, 1.165) is 31.0 Å². The van der Waals surface area contributed by atoms with Gasteiger partial charge in [0.25, 0.3) is 0 Å². The van der Waals surface area contributed by atoms with Crippen molar-refractivity contribution in [3.63, 3.8) is 0 Å². The molecule has 2 aromatic carbocycles. The Kier molecular flexibility index (Phi) is 3.59. The Morgan fingerprint density at radius 2 is 1.81 bits per heavy atom. The Balaban J connectivity index is 1.27. The van der Waals surface area contributed by atoms with E-state index in [1.165, 1.54) is 48.6 Å². The minimum absolute atomic E-state index is 0.0488. The van der Waals surface area contributed by atoms with Gasteiger partial charge in [-0.1, -0.05) is 18.2 Å². The fourth-order valence-corrected chi connectivity index (χ4v) is 4.90. The molecule has 3 fully saturated rings. The summed E-state index contributed by atoms with van der Waals surface area (Å²) in [7, 11) is 0. The molecule has 5 nitrogen and oxygen atoms in total. The van der Waals surface area contributed by atoms with Crippen molar-refractivity contribution in [1.29, 1.82) is 0 Å². The van der Waals surface area contributed by atoms with Crippen LogP contribution in [0.1, 0.15) is 28.8 Å². The maximum atomic E-state index is 6.40. The normalized spacial score (nSPS) is 30.7. The molecule has 0 aromatic heterocycles. The molecule has 0 amide bonds. The number of rotatable bonds is 2. The molecular formula is C22H25N3O2. The molecule has 0 aliphatic carbocycles. The van der Waals surface area contributed by atoms with E-state index >= 15 is 0 Å². The zero-order chi connectivity index (χ0) is 17.8. The van der Waals surface area contributed by atoms with E-state index in [4.69, 9.17) is 9.47 Å². The van der Waals surface area contributed by atoms with Crippen LogP contribution in [0.5, 0.6) is 11.5 Å². The highest BCUT2D eigenvalue weighted by molar-refractivity contribution is 5.57. The smallest absolute Gasteiger partial charge is 0.162 e. The summed E-state index contributed by atoms with van der Waals surface area (Å²) in [6, 6.07) is 13.6. The highest BCUT2D eigenvalue weighted by Gasteiger charge is 2.34. The lowest BCUT2D eigenvalue weighted by atomic mass is 9.98. The van der Waals surface area contributed by atoms with E-state index in [-0.39, 0.29) is 6.10 Å². The zero-order valence-corrected chi connectivity index (χ0v) is 15.5. The number of fused-ring (bicyclic) bond motifs is 5. The number of hydrogen-bond acceptors (Lipinski definition) is 5. The topological polar surface area (TPSA) is 37.0 Å². The highest BCUT2D eigenvalue weighted by Crippen LogP contribution is 2.40. The van der Waals surface area contributed by atoms with Crippen LogP contribution in [0.3, 0.4) is 0 Å². The van der Waals surface area contributed by atoms with Crippen molar-refractivity contribution in [2.45, 2.75) is 18.6 Å². The van der Waals surface area contributed by atoms with Crippen LogP contribution in [-0.4, -0.2) is 55.7 Å². The minimum atomic E-state index is -0.0488. The second-order valence-corrected chi connectivity index (χ2v) is 8.07. The fraction of sp³-hybridized carbons (Fsp3) is 0.455. The van der Waals surface area contributed by atoms with Crippen LogP contribution in [0, 0.1) is 0 Å². The monoisotopic (exact) mass is 363 g/mol. The number of benzene rings is 2. The first-order valence-electron chi connectivity index (χ1n) is 10.1. The van der Waals surface area contributed by atoms with Crippen molar-refractivity contribution >= 4 is 5.69 Å². The second-order valence-electron chi connectivity index (χ2n) is 8.07. The van der Waals surface area contributed by atoms with Crippen LogP contribution in [0.2, 0.25) is 0 Å². The molecule has 0 radical (unpaired) electrons. The lowest BCUT2D eigenvalue weighted by molar-refractivity contribution is 0.0119. The van der Waals surface area contributed by atoms with E-state index < -0.39 is 0 Å². The third-order valence-electron chi connectivity index (χ3n) is 6.51. The molecule has 2 unspecified atom stereocenters. The van der Waals surface area contributed by atoms with Crippen molar-refractivity contribution in [1.82, 2.24) is 9.80 Å². The standard InChI is InChI=1S/C22H25N3O2/c1-2-17(11-18-15(1)5-6-23-18)22-14-26-20-4-3-16(12-21(20)27-22)19-13-24-7-9-25(19)10-8-24/h1-4,11-12,19,22-23H,5-10,13-14H2. The third-order valence-corrected chi connectivity index (χ3v) is 6.51. The minimum Gasteiger partial charge on any atom is -0.485 e. The van der Waals surface area contributed by atoms with E-state index in [9.17, 15) is 0 Å². The molecule has 140 valence electrons. The van der Waals surface area contributed by atoms with Gasteiger partial charge in [-0.05, 0) is 41.3 Å². The van der Waals surface area contributed by atoms with Crippen LogP contribution in [0.4, 0.5) is 5.69 Å². The number of anilines is 1. The number of piperazine rings is 3. The largest absolute Gasteiger partial charge is 0.485 e. The molecule has 1 N–H and O–H groups in total. The Hall–Kier alpha value is -2.24. The SMILES string of the molecule is c1cc2c(cc1C1COc3ccc(C4CN5CCN4CC5)cc3O1)NCC2. The summed E-state index contributed by atoms with van der Waals surface area (Å²) in [5, 5.41) is 3.46. The summed E-state index contributed by atoms with van der Waals surface area (Å²) in [5.41, 5.74) is 5.18. The van der Waals surface area contributed by atoms with E-state index in [2.05, 4.69) is 51.5 Å². The molecule has 5 aliphatic rings. The molecular weight excluding hydrogens is 338 g/mol. The quantitative estimate of drug-likeness (QED) is 0.888. The summed E-state index contributed by atoms with van der Waals surface area (Å²) in [6.07, 6.45) is 1.06. The predicted molar refractivity (Wildman–Crippen MR) is 105 cm³/mol. The van der Waals surface area contributed by atoms with Gasteiger partial charge in [-0.3, -0.25) is 9.80 Å². The maximum Gasteiger partial charge on any atom is 0.162 e. The molecule has 27 heavy (non-hydrogen) atoms. The molecule has 2 bridgehead atoms. The van der Waals surface area contributed by atoms with Gasteiger partial charge in [0.15, 0.2) is 17.6 Å². The van der Waals surface area contributed by atoms with E-state index in [0.29, 0.717) is 12.6 Å². The molecule has 7 rings (SSSR count). The van der Waals surface area contributed by atoms with Gasteiger partial charge >= 0.3 is 0 Å². The van der Waals surface area contributed by atoms with Gasteiger partial charge in [0, 0.05) is 51.0 Å². The molecule has 0 saturated carbocycles. The summed E-state index contributed by atoms with van der Waals surface area (Å²) in [4.78, 5) is 5.18. The lowest BCUT2D eigenvalue weighted by Gasteiger charge is -2.47. The summed E-state index contributed by atoms with van der Waals surface area (Å²) < 4.78 is 12.4. The van der Waals surface area contributed by atoms with Crippen LogP contribution in [-0.2, 0) is 6.42 Å². The van der Waals surface area contributed by atoms with Gasteiger partial charge in [-0.25, -0.2) is 0 Å². The van der Waals surface area contributed by atoms with Gasteiger partial charge < -0.3 is 14.8 Å². The van der Waals surface area contributed by atoms with Crippen molar-refractivity contribution < 1.29 is 9.47 Å². The zero-order valence-electron chi connectivity index (χ0n) is 15.5. The van der Waals surface area contributed by atoms with Crippen LogP contribution < -0.4 is 14.8 Å². The molecule has 2 atom stereocenters. The van der Waals surface area contributed by atoms with E-state index in [1.54, 1.807) is 0 Å². The van der Waals surface area contributed by atoms with Gasteiger partial charge in [0.05, 0.1) is 0 Å². The molecule has 3 saturated heterocycles. The summed E-state index contributed by atoms with van der Waals surface area (Å²) >= 11 is 0. The van der Waals surface area contributed by atoms with Crippen molar-refractivity contribution in [2.24, 2.45) is 0 Å². The van der Waals surface area contributed by atoms with Crippen LogP contribution in [0.15, 0.2) is 36.4 Å². The maximum absolute atomic E-state index is 6.40. The average molecular weight is 363 g/mol. The highest BCUT2D eigenvalue weighted by atomic mass is 16.6. The van der Waals surface area contributed by atoms with Crippen molar-refractivity contribution in [2.75, 3.05) is 51.2 Å². The molecule has 2 aromatic rings. The molecule has 5 heteroatoms. The van der Waals surface area contributed by atoms with Gasteiger partial charge in [-0.15, -0.1) is 0 Å². The fourth-order valence-electron chi connectivity index (χ4n) is 4.90. The van der Waals surface area contributed by atoms with Gasteiger partial charge in [-0.2, -0.15) is 0 Å². The summed E-state index contributed by atoms with van der Waals surface area (Å²) in [6.45, 7) is 7.47. The Labute approximate surface area is 159 Å². The Morgan fingerprint density at radius 3 is 2.67 bits per heavy atom. The van der Waals surface area contributed by atoms with Gasteiger partial charge in [0.2, 0.25) is 0 Å².